The third kappa shape index (κ3) is 3.10. The van der Waals surface area contributed by atoms with Crippen molar-refractivity contribution in [2.45, 2.75) is 19.8 Å². The van der Waals surface area contributed by atoms with E-state index >= 15 is 0 Å². The van der Waals surface area contributed by atoms with Crippen LogP contribution < -0.4 is 0 Å². The largest absolute Gasteiger partial charge is 0.292 e. The summed E-state index contributed by atoms with van der Waals surface area (Å²) in [5.74, 6) is -0.349. The molecule has 5 heteroatoms. The fourth-order valence-electron chi connectivity index (χ4n) is 1.89. The number of hydrogen-bond acceptors (Lipinski definition) is 2. The molecular weight excluding hydrogens is 311 g/mol. The van der Waals surface area contributed by atoms with Gasteiger partial charge in [-0.05, 0) is 46.1 Å². The van der Waals surface area contributed by atoms with Gasteiger partial charge in [-0.2, -0.15) is 5.10 Å². The van der Waals surface area contributed by atoms with Crippen molar-refractivity contribution >= 4 is 21.7 Å². The molecule has 3 nitrogen and oxygen atoms in total. The zero-order valence-corrected chi connectivity index (χ0v) is 12.4. The van der Waals surface area contributed by atoms with Gasteiger partial charge in [-0.25, -0.2) is 4.39 Å². The Morgan fingerprint density at radius 2 is 2.16 bits per heavy atom. The molecule has 19 heavy (non-hydrogen) atoms. The van der Waals surface area contributed by atoms with Crippen LogP contribution in [0.15, 0.2) is 28.7 Å². The van der Waals surface area contributed by atoms with E-state index in [9.17, 15) is 9.18 Å². The Bertz CT molecular complexity index is 622. The quantitative estimate of drug-likeness (QED) is 0.809. The molecular formula is C14H14BrFN2O. The standard InChI is InChI=1S/C14H14BrFN2O/c1-3-10-8-13(18(2)17-10)14(19)7-9-4-5-12(16)11(15)6-9/h4-6,8H,3,7H2,1-2H3. The molecule has 2 rings (SSSR count). The monoisotopic (exact) mass is 324 g/mol. The summed E-state index contributed by atoms with van der Waals surface area (Å²) in [5.41, 5.74) is 2.25. The van der Waals surface area contributed by atoms with E-state index in [1.807, 2.05) is 6.92 Å². The molecule has 0 aliphatic rings. The number of halogens is 2. The molecule has 0 aliphatic carbocycles. The van der Waals surface area contributed by atoms with Gasteiger partial charge >= 0.3 is 0 Å². The highest BCUT2D eigenvalue weighted by atomic mass is 79.9. The molecule has 100 valence electrons. The number of Topliss-reactive ketones (excluding diaryl/α,β-unsaturated/α-hetero) is 1. The summed E-state index contributed by atoms with van der Waals surface area (Å²) in [5, 5.41) is 4.25. The second-order valence-corrected chi connectivity index (χ2v) is 5.20. The SMILES string of the molecule is CCc1cc(C(=O)Cc2ccc(F)c(Br)c2)n(C)n1. The number of aryl methyl sites for hydroxylation is 2. The van der Waals surface area contributed by atoms with Gasteiger partial charge in [0.2, 0.25) is 0 Å². The first kappa shape index (κ1) is 13.9. The van der Waals surface area contributed by atoms with Crippen LogP contribution in [0.1, 0.15) is 28.7 Å². The van der Waals surface area contributed by atoms with Gasteiger partial charge in [0.15, 0.2) is 5.78 Å². The van der Waals surface area contributed by atoms with Crippen LogP contribution in [-0.4, -0.2) is 15.6 Å². The maximum Gasteiger partial charge on any atom is 0.185 e. The van der Waals surface area contributed by atoms with Crippen LogP contribution in [0.3, 0.4) is 0 Å². The fourth-order valence-corrected chi connectivity index (χ4v) is 2.31. The third-order valence-electron chi connectivity index (χ3n) is 2.93. The first-order valence-corrected chi connectivity index (χ1v) is 6.80. The lowest BCUT2D eigenvalue weighted by molar-refractivity contribution is 0.0984. The Kier molecular flexibility index (Phi) is 4.14. The summed E-state index contributed by atoms with van der Waals surface area (Å²) >= 11 is 3.12. The zero-order valence-electron chi connectivity index (χ0n) is 10.8. The summed E-state index contributed by atoms with van der Waals surface area (Å²) in [4.78, 5) is 12.2. The highest BCUT2D eigenvalue weighted by molar-refractivity contribution is 9.10. The van der Waals surface area contributed by atoms with Crippen LogP contribution in [0.4, 0.5) is 4.39 Å². The molecule has 0 saturated heterocycles. The molecule has 1 heterocycles. The summed E-state index contributed by atoms with van der Waals surface area (Å²) in [7, 11) is 1.76. The average Bonchev–Trinajstić information content (AvgIpc) is 2.75. The van der Waals surface area contributed by atoms with E-state index in [1.165, 1.54) is 6.07 Å². The molecule has 0 N–H and O–H groups in total. The number of rotatable bonds is 4. The van der Waals surface area contributed by atoms with Crippen LogP contribution in [-0.2, 0) is 19.9 Å². The van der Waals surface area contributed by atoms with Crippen LogP contribution >= 0.6 is 15.9 Å². The van der Waals surface area contributed by atoms with Gasteiger partial charge in [0.1, 0.15) is 11.5 Å². The molecule has 1 aromatic heterocycles. The second-order valence-electron chi connectivity index (χ2n) is 4.35. The predicted molar refractivity (Wildman–Crippen MR) is 74.7 cm³/mol. The number of hydrogen-bond donors (Lipinski definition) is 0. The number of benzene rings is 1. The molecule has 0 radical (unpaired) electrons. The third-order valence-corrected chi connectivity index (χ3v) is 3.53. The van der Waals surface area contributed by atoms with Crippen molar-refractivity contribution in [2.75, 3.05) is 0 Å². The Hall–Kier alpha value is -1.49. The molecule has 0 atom stereocenters. The summed E-state index contributed by atoms with van der Waals surface area (Å²) in [6, 6.07) is 6.41. The number of aromatic nitrogens is 2. The summed E-state index contributed by atoms with van der Waals surface area (Å²) < 4.78 is 15.1. The first-order chi connectivity index (χ1) is 9.01. The lowest BCUT2D eigenvalue weighted by Gasteiger charge is -2.03. The van der Waals surface area contributed by atoms with Crippen molar-refractivity contribution < 1.29 is 9.18 Å². The highest BCUT2D eigenvalue weighted by Gasteiger charge is 2.14. The Morgan fingerprint density at radius 3 is 2.74 bits per heavy atom. The van der Waals surface area contributed by atoms with Crippen molar-refractivity contribution in [1.29, 1.82) is 0 Å². The molecule has 0 bridgehead atoms. The molecule has 2 aromatic rings. The van der Waals surface area contributed by atoms with Gasteiger partial charge < -0.3 is 0 Å². The molecule has 0 aliphatic heterocycles. The van der Waals surface area contributed by atoms with Gasteiger partial charge in [-0.15, -0.1) is 0 Å². The molecule has 0 unspecified atom stereocenters. The van der Waals surface area contributed by atoms with Gasteiger partial charge in [0, 0.05) is 13.5 Å². The van der Waals surface area contributed by atoms with Crippen LogP contribution in [0.25, 0.3) is 0 Å². The molecule has 0 fully saturated rings. The van der Waals surface area contributed by atoms with Crippen molar-refractivity contribution in [3.8, 4) is 0 Å². The average molecular weight is 325 g/mol. The number of carbonyl (C=O) groups excluding carboxylic acids is 1. The minimum absolute atomic E-state index is 0.0202. The van der Waals surface area contributed by atoms with Crippen LogP contribution in [0, 0.1) is 5.82 Å². The predicted octanol–water partition coefficient (Wildman–Crippen LogP) is 3.31. The molecule has 1 aromatic carbocycles. The second kappa shape index (κ2) is 5.65. The van der Waals surface area contributed by atoms with E-state index in [4.69, 9.17) is 0 Å². The number of nitrogens with zero attached hydrogens (tertiary/aromatic N) is 2. The van der Waals surface area contributed by atoms with E-state index < -0.39 is 0 Å². The summed E-state index contributed by atoms with van der Waals surface area (Å²) in [6.07, 6.45) is 1.03. The van der Waals surface area contributed by atoms with Gasteiger partial charge in [0.05, 0.1) is 10.2 Å². The zero-order chi connectivity index (χ0) is 14.0. The van der Waals surface area contributed by atoms with E-state index in [2.05, 4.69) is 21.0 Å². The van der Waals surface area contributed by atoms with Gasteiger partial charge in [0.25, 0.3) is 0 Å². The van der Waals surface area contributed by atoms with E-state index in [-0.39, 0.29) is 18.0 Å². The maximum atomic E-state index is 13.1. The fraction of sp³-hybridized carbons (Fsp3) is 0.286. The highest BCUT2D eigenvalue weighted by Crippen LogP contribution is 2.18. The van der Waals surface area contributed by atoms with Crippen molar-refractivity contribution in [3.05, 3.63) is 51.5 Å². The molecule has 0 saturated carbocycles. The minimum atomic E-state index is -0.329. The maximum absolute atomic E-state index is 13.1. The smallest absolute Gasteiger partial charge is 0.185 e. The normalized spacial score (nSPS) is 10.7. The number of ketones is 1. The van der Waals surface area contributed by atoms with E-state index in [0.717, 1.165) is 17.7 Å². The Morgan fingerprint density at radius 1 is 1.42 bits per heavy atom. The lowest BCUT2D eigenvalue weighted by Crippen LogP contribution is -2.09. The minimum Gasteiger partial charge on any atom is -0.292 e. The number of carbonyl (C=O) groups is 1. The Balaban J connectivity index is 2.20. The van der Waals surface area contributed by atoms with Crippen LogP contribution in [0.2, 0.25) is 0 Å². The molecule has 0 amide bonds. The van der Waals surface area contributed by atoms with Crippen molar-refractivity contribution in [2.24, 2.45) is 7.05 Å². The van der Waals surface area contributed by atoms with Gasteiger partial charge in [-0.1, -0.05) is 13.0 Å². The van der Waals surface area contributed by atoms with Gasteiger partial charge in [-0.3, -0.25) is 9.48 Å². The first-order valence-electron chi connectivity index (χ1n) is 6.01. The Labute approximate surface area is 119 Å². The lowest BCUT2D eigenvalue weighted by atomic mass is 10.1. The summed E-state index contributed by atoms with van der Waals surface area (Å²) in [6.45, 7) is 1.99. The van der Waals surface area contributed by atoms with Crippen molar-refractivity contribution in [1.82, 2.24) is 9.78 Å². The van der Waals surface area contributed by atoms with Crippen LogP contribution in [0.5, 0.6) is 0 Å². The van der Waals surface area contributed by atoms with E-state index in [1.54, 1.807) is 29.9 Å². The topological polar surface area (TPSA) is 34.9 Å². The van der Waals surface area contributed by atoms with Crippen molar-refractivity contribution in [3.63, 3.8) is 0 Å². The molecule has 0 spiro atoms. The van der Waals surface area contributed by atoms with E-state index in [0.29, 0.717) is 10.2 Å².